The van der Waals surface area contributed by atoms with Crippen molar-refractivity contribution in [3.63, 3.8) is 0 Å². The van der Waals surface area contributed by atoms with Crippen LogP contribution in [0.15, 0.2) is 23.1 Å². The van der Waals surface area contributed by atoms with Gasteiger partial charge >= 0.3 is 0 Å². The molecule has 0 spiro atoms. The summed E-state index contributed by atoms with van der Waals surface area (Å²) in [6.07, 6.45) is 6.38. The highest BCUT2D eigenvalue weighted by Crippen LogP contribution is 2.33. The van der Waals surface area contributed by atoms with Crippen LogP contribution in [0.2, 0.25) is 0 Å². The van der Waals surface area contributed by atoms with Crippen LogP contribution in [0.25, 0.3) is 0 Å². The van der Waals surface area contributed by atoms with E-state index in [1.165, 1.54) is 31.5 Å². The molecular formula is C13H18N2O2. The molecule has 1 aromatic heterocycles. The second-order valence-electron chi connectivity index (χ2n) is 4.84. The van der Waals surface area contributed by atoms with E-state index in [4.69, 9.17) is 0 Å². The molecule has 1 aromatic rings. The van der Waals surface area contributed by atoms with Crippen molar-refractivity contribution in [2.45, 2.75) is 38.6 Å². The molecule has 1 heterocycles. The summed E-state index contributed by atoms with van der Waals surface area (Å²) >= 11 is 0. The molecule has 0 aliphatic heterocycles. The van der Waals surface area contributed by atoms with Gasteiger partial charge in [0, 0.05) is 23.9 Å². The van der Waals surface area contributed by atoms with Gasteiger partial charge in [0.05, 0.1) is 0 Å². The standard InChI is InChI=1S/C13H18N2O2/c1-9(2-3-10-4-5-10)15-13(17)11-6-7-14-12(16)8-11/h6-10H,2-5H2,1H3,(H,14,16)(H,15,17). The van der Waals surface area contributed by atoms with E-state index in [-0.39, 0.29) is 17.5 Å². The summed E-state index contributed by atoms with van der Waals surface area (Å²) in [6.45, 7) is 2.01. The molecule has 17 heavy (non-hydrogen) atoms. The van der Waals surface area contributed by atoms with Gasteiger partial charge in [-0.25, -0.2) is 0 Å². The first kappa shape index (κ1) is 11.9. The van der Waals surface area contributed by atoms with Crippen LogP contribution in [-0.4, -0.2) is 16.9 Å². The van der Waals surface area contributed by atoms with Crippen molar-refractivity contribution < 1.29 is 4.79 Å². The van der Waals surface area contributed by atoms with Crippen LogP contribution < -0.4 is 10.9 Å². The number of H-pyrrole nitrogens is 1. The lowest BCUT2D eigenvalue weighted by atomic mass is 10.1. The van der Waals surface area contributed by atoms with Crippen LogP contribution in [0.5, 0.6) is 0 Å². The largest absolute Gasteiger partial charge is 0.350 e. The van der Waals surface area contributed by atoms with Crippen molar-refractivity contribution in [1.82, 2.24) is 10.3 Å². The Balaban J connectivity index is 1.84. The zero-order chi connectivity index (χ0) is 12.3. The number of carbonyl (C=O) groups excluding carboxylic acids is 1. The summed E-state index contributed by atoms with van der Waals surface area (Å²) in [5.41, 5.74) is 0.176. The van der Waals surface area contributed by atoms with Crippen molar-refractivity contribution in [3.05, 3.63) is 34.2 Å². The second-order valence-corrected chi connectivity index (χ2v) is 4.84. The SMILES string of the molecule is CC(CCC1CC1)NC(=O)c1cc[nH]c(=O)c1. The molecule has 0 aromatic carbocycles. The maximum Gasteiger partial charge on any atom is 0.251 e. The van der Waals surface area contributed by atoms with Crippen LogP contribution >= 0.6 is 0 Å². The fourth-order valence-corrected chi connectivity index (χ4v) is 1.86. The van der Waals surface area contributed by atoms with Crippen molar-refractivity contribution in [2.75, 3.05) is 0 Å². The van der Waals surface area contributed by atoms with Gasteiger partial charge in [-0.15, -0.1) is 0 Å². The topological polar surface area (TPSA) is 62.0 Å². The first-order chi connectivity index (χ1) is 8.15. The number of amides is 1. The molecule has 4 nitrogen and oxygen atoms in total. The summed E-state index contributed by atoms with van der Waals surface area (Å²) in [6, 6.07) is 3.11. The van der Waals surface area contributed by atoms with Crippen LogP contribution in [0.3, 0.4) is 0 Å². The minimum atomic E-state index is -0.247. The Morgan fingerprint density at radius 3 is 3.00 bits per heavy atom. The third-order valence-electron chi connectivity index (χ3n) is 3.12. The Hall–Kier alpha value is -1.58. The molecule has 1 amide bonds. The number of hydrogen-bond donors (Lipinski definition) is 2. The summed E-state index contributed by atoms with van der Waals surface area (Å²) in [5, 5.41) is 2.91. The number of rotatable bonds is 5. The number of carbonyl (C=O) groups is 1. The number of hydrogen-bond acceptors (Lipinski definition) is 2. The van der Waals surface area contributed by atoms with Crippen LogP contribution in [0, 0.1) is 5.92 Å². The molecule has 4 heteroatoms. The molecule has 1 saturated carbocycles. The zero-order valence-electron chi connectivity index (χ0n) is 10.0. The second kappa shape index (κ2) is 5.17. The van der Waals surface area contributed by atoms with Gasteiger partial charge in [0.2, 0.25) is 5.56 Å². The van der Waals surface area contributed by atoms with Gasteiger partial charge in [0.15, 0.2) is 0 Å². The molecule has 1 unspecified atom stereocenters. The van der Waals surface area contributed by atoms with Gasteiger partial charge in [0.25, 0.3) is 5.91 Å². The fraction of sp³-hybridized carbons (Fsp3) is 0.538. The van der Waals surface area contributed by atoms with Crippen LogP contribution in [0.4, 0.5) is 0 Å². The van der Waals surface area contributed by atoms with Crippen LogP contribution in [-0.2, 0) is 0 Å². The Labute approximate surface area is 100 Å². The van der Waals surface area contributed by atoms with Crippen molar-refractivity contribution in [3.8, 4) is 0 Å². The van der Waals surface area contributed by atoms with E-state index < -0.39 is 0 Å². The quantitative estimate of drug-likeness (QED) is 0.814. The number of aromatic nitrogens is 1. The van der Waals surface area contributed by atoms with E-state index in [1.807, 2.05) is 6.92 Å². The summed E-state index contributed by atoms with van der Waals surface area (Å²) in [4.78, 5) is 25.4. The van der Waals surface area contributed by atoms with Gasteiger partial charge in [0.1, 0.15) is 0 Å². The zero-order valence-corrected chi connectivity index (χ0v) is 10.0. The summed E-state index contributed by atoms with van der Waals surface area (Å²) in [7, 11) is 0. The molecule has 1 fully saturated rings. The van der Waals surface area contributed by atoms with Crippen molar-refractivity contribution in [2.24, 2.45) is 5.92 Å². The first-order valence-corrected chi connectivity index (χ1v) is 6.15. The Morgan fingerprint density at radius 2 is 2.35 bits per heavy atom. The lowest BCUT2D eigenvalue weighted by molar-refractivity contribution is 0.0937. The van der Waals surface area contributed by atoms with Gasteiger partial charge in [-0.1, -0.05) is 12.8 Å². The molecule has 0 radical (unpaired) electrons. The number of aromatic amines is 1. The van der Waals surface area contributed by atoms with E-state index in [2.05, 4.69) is 10.3 Å². The predicted molar refractivity (Wildman–Crippen MR) is 65.9 cm³/mol. The maximum absolute atomic E-state index is 11.8. The summed E-state index contributed by atoms with van der Waals surface area (Å²) in [5.74, 6) is 0.716. The minimum absolute atomic E-state index is 0.167. The molecular weight excluding hydrogens is 216 g/mol. The van der Waals surface area contributed by atoms with Crippen LogP contribution in [0.1, 0.15) is 43.0 Å². The highest BCUT2D eigenvalue weighted by Gasteiger charge is 2.21. The number of nitrogens with one attached hydrogen (secondary N) is 2. The van der Waals surface area contributed by atoms with Crippen molar-refractivity contribution in [1.29, 1.82) is 0 Å². The Kier molecular flexibility index (Phi) is 3.61. The van der Waals surface area contributed by atoms with E-state index in [9.17, 15) is 9.59 Å². The molecule has 1 atom stereocenters. The molecule has 1 aliphatic carbocycles. The normalized spacial score (nSPS) is 16.5. The molecule has 0 saturated heterocycles. The minimum Gasteiger partial charge on any atom is -0.350 e. The summed E-state index contributed by atoms with van der Waals surface area (Å²) < 4.78 is 0. The maximum atomic E-state index is 11.8. The van der Waals surface area contributed by atoms with E-state index in [0.717, 1.165) is 12.3 Å². The van der Waals surface area contributed by atoms with Crippen molar-refractivity contribution >= 4 is 5.91 Å². The van der Waals surface area contributed by atoms with E-state index >= 15 is 0 Å². The molecule has 0 bridgehead atoms. The third-order valence-corrected chi connectivity index (χ3v) is 3.12. The first-order valence-electron chi connectivity index (χ1n) is 6.15. The molecule has 92 valence electrons. The Bertz CT molecular complexity index is 449. The third kappa shape index (κ3) is 3.73. The predicted octanol–water partition coefficient (Wildman–Crippen LogP) is 1.68. The highest BCUT2D eigenvalue weighted by atomic mass is 16.2. The fourth-order valence-electron chi connectivity index (χ4n) is 1.86. The highest BCUT2D eigenvalue weighted by molar-refractivity contribution is 5.94. The monoisotopic (exact) mass is 234 g/mol. The lowest BCUT2D eigenvalue weighted by Crippen LogP contribution is -2.33. The van der Waals surface area contributed by atoms with Gasteiger partial charge in [-0.3, -0.25) is 9.59 Å². The van der Waals surface area contributed by atoms with Gasteiger partial charge in [-0.05, 0) is 31.7 Å². The Morgan fingerprint density at radius 1 is 1.59 bits per heavy atom. The number of pyridine rings is 1. The molecule has 2 N–H and O–H groups in total. The molecule has 1 aliphatic rings. The average molecular weight is 234 g/mol. The van der Waals surface area contributed by atoms with Gasteiger partial charge in [-0.2, -0.15) is 0 Å². The van der Waals surface area contributed by atoms with Gasteiger partial charge < -0.3 is 10.3 Å². The average Bonchev–Trinajstić information content (AvgIpc) is 3.10. The molecule has 2 rings (SSSR count). The lowest BCUT2D eigenvalue weighted by Gasteiger charge is -2.13. The smallest absolute Gasteiger partial charge is 0.251 e. The van der Waals surface area contributed by atoms with E-state index in [0.29, 0.717) is 5.56 Å². The van der Waals surface area contributed by atoms with E-state index in [1.54, 1.807) is 6.07 Å².